The normalized spacial score (nSPS) is 11.2. The molecule has 0 aliphatic carbocycles. The Morgan fingerprint density at radius 3 is 2.54 bits per heavy atom. The monoisotopic (exact) mass is 362 g/mol. The van der Waals surface area contributed by atoms with Gasteiger partial charge in [0.15, 0.2) is 5.76 Å². The summed E-state index contributed by atoms with van der Waals surface area (Å²) >= 11 is 0. The lowest BCUT2D eigenvalue weighted by molar-refractivity contribution is -0.137. The number of ether oxygens (including phenoxy) is 1. The highest BCUT2D eigenvalue weighted by atomic mass is 19.4. The third-order valence-electron chi connectivity index (χ3n) is 3.54. The Bertz CT molecular complexity index is 918. The topological polar surface area (TPSA) is 64.4 Å². The Hall–Kier alpha value is -3.29. The molecule has 134 valence electrons. The van der Waals surface area contributed by atoms with Gasteiger partial charge in [0.25, 0.3) is 6.01 Å². The summed E-state index contributed by atoms with van der Waals surface area (Å²) in [6.45, 7) is 0. The van der Waals surface area contributed by atoms with Crippen molar-refractivity contribution in [2.24, 2.45) is 0 Å². The molecule has 26 heavy (non-hydrogen) atoms. The van der Waals surface area contributed by atoms with Gasteiger partial charge in [-0.15, -0.1) is 0 Å². The van der Waals surface area contributed by atoms with E-state index in [2.05, 4.69) is 15.0 Å². The Morgan fingerprint density at radius 1 is 1.15 bits per heavy atom. The molecule has 1 heterocycles. The maximum atomic E-state index is 12.6. The number of nitrogens with one attached hydrogen (secondary N) is 1. The number of benzene rings is 2. The minimum atomic E-state index is -4.39. The summed E-state index contributed by atoms with van der Waals surface area (Å²) in [6.07, 6.45) is -2.94. The van der Waals surface area contributed by atoms with E-state index >= 15 is 0 Å². The second-order valence-electron chi connectivity index (χ2n) is 5.30. The summed E-state index contributed by atoms with van der Waals surface area (Å²) in [7, 11) is 1.29. The SMILES string of the molecule is COC(=O)c1cccc(-c2cnc(Nc3ccc(C(F)(F)F)cc3)o2)c1. The lowest BCUT2D eigenvalue weighted by Crippen LogP contribution is -2.04. The van der Waals surface area contributed by atoms with Crippen molar-refractivity contribution in [3.05, 3.63) is 65.9 Å². The van der Waals surface area contributed by atoms with Crippen molar-refractivity contribution in [2.75, 3.05) is 12.4 Å². The van der Waals surface area contributed by atoms with Crippen LogP contribution in [0.3, 0.4) is 0 Å². The zero-order chi connectivity index (χ0) is 18.7. The van der Waals surface area contributed by atoms with Crippen LogP contribution in [-0.2, 0) is 10.9 Å². The van der Waals surface area contributed by atoms with Crippen LogP contribution in [0.2, 0.25) is 0 Å². The number of anilines is 2. The van der Waals surface area contributed by atoms with Crippen LogP contribution in [0.25, 0.3) is 11.3 Å². The van der Waals surface area contributed by atoms with Gasteiger partial charge in [-0.05, 0) is 36.4 Å². The maximum Gasteiger partial charge on any atom is 0.416 e. The quantitative estimate of drug-likeness (QED) is 0.670. The van der Waals surface area contributed by atoms with E-state index in [0.29, 0.717) is 22.6 Å². The van der Waals surface area contributed by atoms with E-state index in [4.69, 9.17) is 4.42 Å². The highest BCUT2D eigenvalue weighted by Gasteiger charge is 2.29. The van der Waals surface area contributed by atoms with Gasteiger partial charge in [-0.1, -0.05) is 12.1 Å². The largest absolute Gasteiger partial charge is 0.465 e. The molecule has 0 fully saturated rings. The Kier molecular flexibility index (Phi) is 4.66. The van der Waals surface area contributed by atoms with Crippen LogP contribution in [-0.4, -0.2) is 18.1 Å². The molecule has 1 aromatic heterocycles. The number of aromatic nitrogens is 1. The van der Waals surface area contributed by atoms with Crippen molar-refractivity contribution < 1.29 is 27.1 Å². The second kappa shape index (κ2) is 6.91. The molecular weight excluding hydrogens is 349 g/mol. The van der Waals surface area contributed by atoms with Gasteiger partial charge in [-0.2, -0.15) is 13.2 Å². The van der Waals surface area contributed by atoms with Crippen molar-refractivity contribution in [3.8, 4) is 11.3 Å². The molecule has 0 aliphatic heterocycles. The number of carbonyl (C=O) groups is 1. The fourth-order valence-electron chi connectivity index (χ4n) is 2.25. The van der Waals surface area contributed by atoms with E-state index in [1.54, 1.807) is 24.3 Å². The molecule has 8 heteroatoms. The number of alkyl halides is 3. The molecule has 0 amide bonds. The van der Waals surface area contributed by atoms with Crippen molar-refractivity contribution in [2.45, 2.75) is 6.18 Å². The summed E-state index contributed by atoms with van der Waals surface area (Å²) in [6, 6.07) is 11.2. The number of nitrogens with zero attached hydrogens (tertiary/aromatic N) is 1. The first-order valence-corrected chi connectivity index (χ1v) is 7.45. The van der Waals surface area contributed by atoms with Crippen LogP contribution in [0.5, 0.6) is 0 Å². The summed E-state index contributed by atoms with van der Waals surface area (Å²) in [5, 5.41) is 2.78. The van der Waals surface area contributed by atoms with Gasteiger partial charge in [0.1, 0.15) is 0 Å². The zero-order valence-corrected chi connectivity index (χ0v) is 13.5. The van der Waals surface area contributed by atoms with E-state index in [0.717, 1.165) is 12.1 Å². The van der Waals surface area contributed by atoms with E-state index in [1.807, 2.05) is 0 Å². The molecule has 2 aromatic carbocycles. The minimum Gasteiger partial charge on any atom is -0.465 e. The van der Waals surface area contributed by atoms with Crippen molar-refractivity contribution in [1.82, 2.24) is 4.98 Å². The van der Waals surface area contributed by atoms with Crippen LogP contribution in [0.4, 0.5) is 24.9 Å². The van der Waals surface area contributed by atoms with E-state index in [9.17, 15) is 18.0 Å². The van der Waals surface area contributed by atoms with Crippen LogP contribution in [0, 0.1) is 0 Å². The van der Waals surface area contributed by atoms with Gasteiger partial charge >= 0.3 is 12.1 Å². The number of carbonyl (C=O) groups excluding carboxylic acids is 1. The molecule has 3 aromatic rings. The average molecular weight is 362 g/mol. The summed E-state index contributed by atoms with van der Waals surface area (Å²) in [5.41, 5.74) is 0.630. The van der Waals surface area contributed by atoms with E-state index < -0.39 is 17.7 Å². The highest BCUT2D eigenvalue weighted by Crippen LogP contribution is 2.31. The van der Waals surface area contributed by atoms with Crippen molar-refractivity contribution in [3.63, 3.8) is 0 Å². The molecule has 5 nitrogen and oxygen atoms in total. The van der Waals surface area contributed by atoms with Crippen LogP contribution in [0.1, 0.15) is 15.9 Å². The van der Waals surface area contributed by atoms with Gasteiger partial charge in [-0.25, -0.2) is 9.78 Å². The minimum absolute atomic E-state index is 0.114. The van der Waals surface area contributed by atoms with Gasteiger partial charge < -0.3 is 14.5 Å². The molecule has 1 N–H and O–H groups in total. The molecular formula is C18H13F3N2O3. The van der Waals surface area contributed by atoms with Crippen molar-refractivity contribution >= 4 is 17.7 Å². The van der Waals surface area contributed by atoms with Crippen LogP contribution in [0.15, 0.2) is 59.1 Å². The predicted molar refractivity (Wildman–Crippen MR) is 88.0 cm³/mol. The number of oxazole rings is 1. The standard InChI is InChI=1S/C18H13F3N2O3/c1-25-16(24)12-4-2-3-11(9-12)15-10-22-17(26-15)23-14-7-5-13(6-8-14)18(19,20)21/h2-10H,1H3,(H,22,23). The number of methoxy groups -OCH3 is 1. The Balaban J connectivity index is 1.77. The first-order valence-electron chi connectivity index (χ1n) is 7.45. The molecule has 0 atom stereocenters. The van der Waals surface area contributed by atoms with Gasteiger partial charge in [0.2, 0.25) is 0 Å². The van der Waals surface area contributed by atoms with E-state index in [1.165, 1.54) is 25.4 Å². The zero-order valence-electron chi connectivity index (χ0n) is 13.5. The maximum absolute atomic E-state index is 12.6. The first kappa shape index (κ1) is 17.5. The molecule has 0 bridgehead atoms. The van der Waals surface area contributed by atoms with Crippen LogP contribution < -0.4 is 5.32 Å². The van der Waals surface area contributed by atoms with Gasteiger partial charge in [0.05, 0.1) is 24.4 Å². The molecule has 0 aliphatic rings. The summed E-state index contributed by atoms with van der Waals surface area (Å²) in [4.78, 5) is 15.6. The number of hydrogen-bond donors (Lipinski definition) is 1. The lowest BCUT2D eigenvalue weighted by atomic mass is 10.1. The third kappa shape index (κ3) is 3.85. The van der Waals surface area contributed by atoms with Crippen molar-refractivity contribution in [1.29, 1.82) is 0 Å². The fourth-order valence-corrected chi connectivity index (χ4v) is 2.25. The highest BCUT2D eigenvalue weighted by molar-refractivity contribution is 5.90. The number of esters is 1. The number of halogens is 3. The first-order chi connectivity index (χ1) is 12.4. The Morgan fingerprint density at radius 2 is 1.88 bits per heavy atom. The molecule has 0 saturated heterocycles. The number of rotatable bonds is 4. The van der Waals surface area contributed by atoms with E-state index in [-0.39, 0.29) is 6.01 Å². The van der Waals surface area contributed by atoms with Gasteiger partial charge in [0, 0.05) is 11.3 Å². The molecule has 3 rings (SSSR count). The fraction of sp³-hybridized carbons (Fsp3) is 0.111. The van der Waals surface area contributed by atoms with Gasteiger partial charge in [-0.3, -0.25) is 0 Å². The summed E-state index contributed by atoms with van der Waals surface area (Å²) in [5.74, 6) is -0.0837. The van der Waals surface area contributed by atoms with Crippen LogP contribution >= 0.6 is 0 Å². The molecule has 0 spiro atoms. The smallest absolute Gasteiger partial charge is 0.416 e. The average Bonchev–Trinajstić information content (AvgIpc) is 3.09. The summed E-state index contributed by atoms with van der Waals surface area (Å²) < 4.78 is 47.9. The predicted octanol–water partition coefficient (Wildman–Crippen LogP) is 4.89. The number of hydrogen-bond acceptors (Lipinski definition) is 5. The Labute approximate surface area is 146 Å². The molecule has 0 unspecified atom stereocenters. The second-order valence-corrected chi connectivity index (χ2v) is 5.30. The lowest BCUT2D eigenvalue weighted by Gasteiger charge is -2.07. The molecule has 0 radical (unpaired) electrons. The molecule has 0 saturated carbocycles. The third-order valence-corrected chi connectivity index (χ3v) is 3.54.